The molecule has 0 unspecified atom stereocenters. The van der Waals surface area contributed by atoms with Crippen LogP contribution < -0.4 is 24.4 Å². The van der Waals surface area contributed by atoms with E-state index < -0.39 is 11.9 Å². The van der Waals surface area contributed by atoms with Crippen LogP contribution in [0.1, 0.15) is 31.8 Å². The van der Waals surface area contributed by atoms with Crippen LogP contribution >= 0.6 is 11.6 Å². The number of carbonyl (C=O) groups is 2. The molecule has 0 bridgehead atoms. The smallest absolute Gasteiger partial charge is 0.335 e. The molecule has 0 spiro atoms. The lowest BCUT2D eigenvalue weighted by Gasteiger charge is -2.13. The van der Waals surface area contributed by atoms with Gasteiger partial charge in [0.15, 0.2) is 11.5 Å². The first-order chi connectivity index (χ1) is 16.8. The van der Waals surface area contributed by atoms with Crippen LogP contribution in [0, 0.1) is 0 Å². The monoisotopic (exact) mass is 498 g/mol. The van der Waals surface area contributed by atoms with Gasteiger partial charge < -0.3 is 24.1 Å². The summed E-state index contributed by atoms with van der Waals surface area (Å²) in [6, 6.07) is 14.4. The number of hydrogen-bond donors (Lipinski definition) is 2. The number of hydrogen-bond acceptors (Lipinski definition) is 7. The van der Waals surface area contributed by atoms with Gasteiger partial charge in [0.2, 0.25) is 0 Å². The van der Waals surface area contributed by atoms with Gasteiger partial charge >= 0.3 is 5.97 Å². The second kappa shape index (κ2) is 11.8. The van der Waals surface area contributed by atoms with Crippen molar-refractivity contribution in [2.45, 2.75) is 6.61 Å². The van der Waals surface area contributed by atoms with Crippen molar-refractivity contribution in [3.63, 3.8) is 0 Å². The normalized spacial score (nSPS) is 10.6. The first-order valence-corrected chi connectivity index (χ1v) is 10.6. The van der Waals surface area contributed by atoms with Crippen LogP contribution in [0.2, 0.25) is 5.02 Å². The molecule has 0 fully saturated rings. The molecule has 0 aromatic heterocycles. The topological polar surface area (TPSA) is 116 Å². The predicted octanol–water partition coefficient (Wildman–Crippen LogP) is 4.41. The van der Waals surface area contributed by atoms with E-state index in [-0.39, 0.29) is 17.2 Å². The summed E-state index contributed by atoms with van der Waals surface area (Å²) in [7, 11) is 4.45. The van der Waals surface area contributed by atoms with Crippen molar-refractivity contribution in [1.82, 2.24) is 5.43 Å². The molecule has 2 N–H and O–H groups in total. The summed E-state index contributed by atoms with van der Waals surface area (Å²) in [4.78, 5) is 23.6. The number of carboxylic acid groups (broad SMARTS) is 1. The van der Waals surface area contributed by atoms with E-state index in [4.69, 9.17) is 35.7 Å². The van der Waals surface area contributed by atoms with E-state index in [0.29, 0.717) is 39.7 Å². The molecule has 0 saturated heterocycles. The van der Waals surface area contributed by atoms with E-state index in [1.807, 2.05) is 0 Å². The van der Waals surface area contributed by atoms with E-state index in [2.05, 4.69) is 10.5 Å². The molecule has 10 heteroatoms. The van der Waals surface area contributed by atoms with Crippen molar-refractivity contribution in [2.24, 2.45) is 5.10 Å². The average molecular weight is 499 g/mol. The summed E-state index contributed by atoms with van der Waals surface area (Å²) >= 11 is 6.39. The van der Waals surface area contributed by atoms with Crippen molar-refractivity contribution in [1.29, 1.82) is 0 Å². The largest absolute Gasteiger partial charge is 0.497 e. The number of ether oxygens (including phenoxy) is 4. The number of nitrogens with one attached hydrogen (secondary N) is 1. The Bertz CT molecular complexity index is 1240. The molecule has 1 amide bonds. The molecule has 0 atom stereocenters. The molecular weight excluding hydrogens is 476 g/mol. The van der Waals surface area contributed by atoms with Gasteiger partial charge in [0.25, 0.3) is 5.91 Å². The highest BCUT2D eigenvalue weighted by Gasteiger charge is 2.13. The van der Waals surface area contributed by atoms with Gasteiger partial charge in [0, 0.05) is 11.6 Å². The van der Waals surface area contributed by atoms with Crippen LogP contribution in [0.4, 0.5) is 0 Å². The quantitative estimate of drug-likeness (QED) is 0.314. The first-order valence-electron chi connectivity index (χ1n) is 10.2. The Morgan fingerprint density at radius 2 is 1.69 bits per heavy atom. The lowest BCUT2D eigenvalue weighted by Crippen LogP contribution is -2.17. The zero-order chi connectivity index (χ0) is 25.4. The standard InChI is InChI=1S/C25H23ClN2O7/c1-32-19-10-18(11-20(12-19)33-2)24(29)28-27-13-16-8-21(26)23(22(9-16)34-3)35-14-15-5-4-6-17(7-15)25(30)31/h4-13H,14H2,1-3H3,(H,28,29)(H,30,31)/b27-13-. The van der Waals surface area contributed by atoms with Gasteiger partial charge in [0.1, 0.15) is 18.1 Å². The minimum absolute atomic E-state index is 0.0880. The molecule has 3 aromatic carbocycles. The minimum Gasteiger partial charge on any atom is -0.497 e. The number of nitrogens with zero attached hydrogens (tertiary/aromatic N) is 1. The third kappa shape index (κ3) is 6.64. The molecule has 182 valence electrons. The summed E-state index contributed by atoms with van der Waals surface area (Å²) in [5.74, 6) is 0.0982. The Hall–Kier alpha value is -4.24. The second-order valence-corrected chi connectivity index (χ2v) is 7.54. The first kappa shape index (κ1) is 25.4. The maximum absolute atomic E-state index is 12.5. The average Bonchev–Trinajstić information content (AvgIpc) is 2.87. The number of hydrazone groups is 1. The molecular formula is C25H23ClN2O7. The molecule has 0 saturated carbocycles. The fourth-order valence-corrected chi connectivity index (χ4v) is 3.35. The van der Waals surface area contributed by atoms with E-state index in [0.717, 1.165) is 0 Å². The van der Waals surface area contributed by atoms with Crippen LogP contribution in [-0.4, -0.2) is 44.5 Å². The molecule has 0 aliphatic heterocycles. The number of methoxy groups -OCH3 is 3. The van der Waals surface area contributed by atoms with Gasteiger partial charge in [0.05, 0.1) is 38.1 Å². The number of rotatable bonds is 10. The fourth-order valence-electron chi connectivity index (χ4n) is 3.07. The number of carbonyl (C=O) groups excluding carboxylic acids is 1. The third-order valence-electron chi connectivity index (χ3n) is 4.80. The molecule has 3 aromatic rings. The van der Waals surface area contributed by atoms with Crippen molar-refractivity contribution in [3.05, 3.63) is 81.9 Å². The van der Waals surface area contributed by atoms with E-state index in [1.54, 1.807) is 42.5 Å². The molecule has 35 heavy (non-hydrogen) atoms. The maximum Gasteiger partial charge on any atom is 0.335 e. The summed E-state index contributed by atoms with van der Waals surface area (Å²) in [6.07, 6.45) is 1.41. The number of amides is 1. The van der Waals surface area contributed by atoms with Crippen molar-refractivity contribution >= 4 is 29.7 Å². The van der Waals surface area contributed by atoms with Gasteiger partial charge in [-0.15, -0.1) is 0 Å². The zero-order valence-electron chi connectivity index (χ0n) is 19.2. The van der Waals surface area contributed by atoms with E-state index >= 15 is 0 Å². The number of aromatic carboxylic acids is 1. The fraction of sp³-hybridized carbons (Fsp3) is 0.160. The number of carboxylic acids is 1. The van der Waals surface area contributed by atoms with Gasteiger partial charge in [-0.1, -0.05) is 23.7 Å². The predicted molar refractivity (Wildman–Crippen MR) is 130 cm³/mol. The summed E-state index contributed by atoms with van der Waals surface area (Å²) in [6.45, 7) is 0.0880. The minimum atomic E-state index is -1.02. The maximum atomic E-state index is 12.5. The second-order valence-electron chi connectivity index (χ2n) is 7.13. The van der Waals surface area contributed by atoms with Crippen molar-refractivity contribution in [2.75, 3.05) is 21.3 Å². The van der Waals surface area contributed by atoms with Crippen LogP contribution in [0.3, 0.4) is 0 Å². The highest BCUT2D eigenvalue weighted by Crippen LogP contribution is 2.36. The lowest BCUT2D eigenvalue weighted by atomic mass is 10.1. The molecule has 0 heterocycles. The van der Waals surface area contributed by atoms with Crippen LogP contribution in [-0.2, 0) is 6.61 Å². The zero-order valence-corrected chi connectivity index (χ0v) is 20.0. The van der Waals surface area contributed by atoms with E-state index in [1.165, 1.54) is 39.7 Å². The summed E-state index contributed by atoms with van der Waals surface area (Å²) in [5, 5.41) is 13.4. The van der Waals surface area contributed by atoms with Crippen LogP contribution in [0.5, 0.6) is 23.0 Å². The van der Waals surface area contributed by atoms with Gasteiger partial charge in [-0.3, -0.25) is 4.79 Å². The van der Waals surface area contributed by atoms with Crippen LogP contribution in [0.25, 0.3) is 0 Å². The highest BCUT2D eigenvalue weighted by molar-refractivity contribution is 6.32. The molecule has 0 radical (unpaired) electrons. The van der Waals surface area contributed by atoms with Gasteiger partial charge in [-0.05, 0) is 47.5 Å². The Labute approximate surface area is 206 Å². The Balaban J connectivity index is 1.71. The van der Waals surface area contributed by atoms with Crippen LogP contribution in [0.15, 0.2) is 59.7 Å². The SMILES string of the molecule is COc1cc(OC)cc(C(=O)N/N=C\c2cc(Cl)c(OCc3cccc(C(=O)O)c3)c(OC)c2)c1. The summed E-state index contributed by atoms with van der Waals surface area (Å²) in [5.41, 5.74) is 4.12. The highest BCUT2D eigenvalue weighted by atomic mass is 35.5. The van der Waals surface area contributed by atoms with Crippen molar-refractivity contribution < 1.29 is 33.6 Å². The Morgan fingerprint density at radius 3 is 2.31 bits per heavy atom. The number of benzene rings is 3. The lowest BCUT2D eigenvalue weighted by molar-refractivity contribution is 0.0696. The molecule has 0 aliphatic carbocycles. The molecule has 0 aliphatic rings. The van der Waals surface area contributed by atoms with Gasteiger partial charge in [-0.2, -0.15) is 5.10 Å². The van der Waals surface area contributed by atoms with Crippen molar-refractivity contribution in [3.8, 4) is 23.0 Å². The third-order valence-corrected chi connectivity index (χ3v) is 5.08. The van der Waals surface area contributed by atoms with Gasteiger partial charge in [-0.25, -0.2) is 10.2 Å². The number of halogens is 1. The van der Waals surface area contributed by atoms with E-state index in [9.17, 15) is 9.59 Å². The molecule has 9 nitrogen and oxygen atoms in total. The summed E-state index contributed by atoms with van der Waals surface area (Å²) < 4.78 is 21.5. The molecule has 3 rings (SSSR count). The Kier molecular flexibility index (Phi) is 8.53. The Morgan fingerprint density at radius 1 is 0.971 bits per heavy atom.